The summed E-state index contributed by atoms with van der Waals surface area (Å²) in [5.41, 5.74) is 0.277. The predicted octanol–water partition coefficient (Wildman–Crippen LogP) is 2.16. The second-order valence-electron chi connectivity index (χ2n) is 4.04. The van der Waals surface area contributed by atoms with E-state index in [1.165, 1.54) is 18.2 Å². The van der Waals surface area contributed by atoms with Crippen molar-refractivity contribution in [2.45, 2.75) is 17.1 Å². The van der Waals surface area contributed by atoms with E-state index in [9.17, 15) is 17.2 Å². The van der Waals surface area contributed by atoms with Crippen LogP contribution in [0.25, 0.3) is 0 Å². The number of halogens is 2. The molecular weight excluding hydrogens is 276 g/mol. The highest BCUT2D eigenvalue weighted by molar-refractivity contribution is 7.91. The van der Waals surface area contributed by atoms with Crippen LogP contribution < -0.4 is 4.90 Å². The average Bonchev–Trinajstić information content (AvgIpc) is 2.38. The molecule has 0 amide bonds. The standard InChI is InChI=1S/C12H17F2NO3S/c1-15(8-5-9-18-2)10-6-3-4-7-11(10)19(16,17)12(13)14/h3-4,6-7,12H,5,8-9H2,1-2H3. The first-order valence-corrected chi connectivity index (χ1v) is 7.27. The maximum absolute atomic E-state index is 12.6. The molecule has 1 rings (SSSR count). The van der Waals surface area contributed by atoms with Crippen molar-refractivity contribution in [1.29, 1.82) is 0 Å². The quantitative estimate of drug-likeness (QED) is 0.723. The van der Waals surface area contributed by atoms with Crippen molar-refractivity contribution >= 4 is 15.5 Å². The summed E-state index contributed by atoms with van der Waals surface area (Å²) in [7, 11) is -1.36. The summed E-state index contributed by atoms with van der Waals surface area (Å²) in [5, 5.41) is 0. The monoisotopic (exact) mass is 293 g/mol. The normalized spacial score (nSPS) is 11.8. The molecule has 0 N–H and O–H groups in total. The molecule has 19 heavy (non-hydrogen) atoms. The van der Waals surface area contributed by atoms with E-state index in [2.05, 4.69) is 0 Å². The zero-order valence-electron chi connectivity index (χ0n) is 10.8. The van der Waals surface area contributed by atoms with Crippen LogP contribution in [0.5, 0.6) is 0 Å². The molecule has 0 radical (unpaired) electrons. The summed E-state index contributed by atoms with van der Waals surface area (Å²) < 4.78 is 53.3. The van der Waals surface area contributed by atoms with E-state index >= 15 is 0 Å². The molecule has 0 bridgehead atoms. The van der Waals surface area contributed by atoms with E-state index in [4.69, 9.17) is 4.74 Å². The SMILES string of the molecule is COCCCN(C)c1ccccc1S(=O)(=O)C(F)F. The minimum absolute atomic E-state index is 0.277. The van der Waals surface area contributed by atoms with Gasteiger partial charge in [-0.3, -0.25) is 0 Å². The van der Waals surface area contributed by atoms with E-state index < -0.39 is 15.6 Å². The van der Waals surface area contributed by atoms with Crippen molar-refractivity contribution in [3.05, 3.63) is 24.3 Å². The highest BCUT2D eigenvalue weighted by atomic mass is 32.2. The van der Waals surface area contributed by atoms with Crippen LogP contribution in [-0.2, 0) is 14.6 Å². The predicted molar refractivity (Wildman–Crippen MR) is 69.4 cm³/mol. The molecule has 0 aliphatic carbocycles. The molecule has 1 aromatic rings. The second kappa shape index (κ2) is 6.81. The van der Waals surface area contributed by atoms with Gasteiger partial charge >= 0.3 is 5.76 Å². The molecular formula is C12H17F2NO3S. The van der Waals surface area contributed by atoms with Gasteiger partial charge in [0.15, 0.2) is 0 Å². The number of benzene rings is 1. The highest BCUT2D eigenvalue weighted by Gasteiger charge is 2.29. The lowest BCUT2D eigenvalue weighted by Gasteiger charge is -2.22. The Kier molecular flexibility index (Phi) is 5.68. The van der Waals surface area contributed by atoms with Gasteiger partial charge in [0.05, 0.1) is 10.6 Å². The number of anilines is 1. The highest BCUT2D eigenvalue weighted by Crippen LogP contribution is 2.28. The molecule has 0 atom stereocenters. The van der Waals surface area contributed by atoms with Crippen LogP contribution in [0.15, 0.2) is 29.2 Å². The van der Waals surface area contributed by atoms with Crippen LogP contribution in [0.2, 0.25) is 0 Å². The summed E-state index contributed by atoms with van der Waals surface area (Å²) in [6.45, 7) is 1.04. The number of alkyl halides is 2. The maximum atomic E-state index is 12.6. The third kappa shape index (κ3) is 3.87. The molecule has 0 aromatic heterocycles. The fourth-order valence-electron chi connectivity index (χ4n) is 1.68. The third-order valence-electron chi connectivity index (χ3n) is 2.66. The van der Waals surface area contributed by atoms with Crippen molar-refractivity contribution in [3.8, 4) is 0 Å². The number of rotatable bonds is 7. The topological polar surface area (TPSA) is 46.6 Å². The summed E-state index contributed by atoms with van der Waals surface area (Å²) in [6.07, 6.45) is 0.677. The van der Waals surface area contributed by atoms with Gasteiger partial charge in [0.25, 0.3) is 0 Å². The second-order valence-corrected chi connectivity index (χ2v) is 5.93. The number of hydrogen-bond acceptors (Lipinski definition) is 4. The minimum Gasteiger partial charge on any atom is -0.385 e. The van der Waals surface area contributed by atoms with Crippen LogP contribution >= 0.6 is 0 Å². The van der Waals surface area contributed by atoms with Gasteiger partial charge in [-0.2, -0.15) is 8.78 Å². The number of ether oxygens (including phenoxy) is 1. The number of sulfone groups is 1. The van der Waals surface area contributed by atoms with E-state index in [0.717, 1.165) is 0 Å². The number of hydrogen-bond donors (Lipinski definition) is 0. The molecule has 7 heteroatoms. The fraction of sp³-hybridized carbons (Fsp3) is 0.500. The Hall–Kier alpha value is -1.21. The molecule has 4 nitrogen and oxygen atoms in total. The summed E-state index contributed by atoms with van der Waals surface area (Å²) in [6, 6.07) is 5.76. The van der Waals surface area contributed by atoms with Crippen LogP contribution in [0.1, 0.15) is 6.42 Å². The van der Waals surface area contributed by atoms with Crippen LogP contribution in [0.3, 0.4) is 0 Å². The zero-order chi connectivity index (χ0) is 14.5. The zero-order valence-corrected chi connectivity index (χ0v) is 11.7. The van der Waals surface area contributed by atoms with Gasteiger partial charge in [0.2, 0.25) is 9.84 Å². The Balaban J connectivity index is 3.03. The molecule has 0 unspecified atom stereocenters. The number of nitrogens with zero attached hydrogens (tertiary/aromatic N) is 1. The van der Waals surface area contributed by atoms with E-state index in [1.807, 2.05) is 0 Å². The smallest absolute Gasteiger partial charge is 0.341 e. The maximum Gasteiger partial charge on any atom is 0.341 e. The van der Waals surface area contributed by atoms with Crippen LogP contribution in [-0.4, -0.2) is 41.5 Å². The Labute approximate surface area is 111 Å². The van der Waals surface area contributed by atoms with E-state index in [0.29, 0.717) is 19.6 Å². The first-order chi connectivity index (χ1) is 8.91. The molecule has 0 aliphatic heterocycles. The van der Waals surface area contributed by atoms with E-state index in [-0.39, 0.29) is 10.6 Å². The van der Waals surface area contributed by atoms with Crippen molar-refractivity contribution < 1.29 is 21.9 Å². The first-order valence-electron chi connectivity index (χ1n) is 5.72. The lowest BCUT2D eigenvalue weighted by Crippen LogP contribution is -2.23. The van der Waals surface area contributed by atoms with Gasteiger partial charge in [-0.15, -0.1) is 0 Å². The van der Waals surface area contributed by atoms with Crippen molar-refractivity contribution in [2.75, 3.05) is 32.2 Å². The summed E-state index contributed by atoms with van der Waals surface area (Å²) >= 11 is 0. The minimum atomic E-state index is -4.59. The lowest BCUT2D eigenvalue weighted by atomic mass is 10.3. The Bertz CT molecular complexity index is 505. The van der Waals surface area contributed by atoms with Crippen molar-refractivity contribution in [2.24, 2.45) is 0 Å². The molecule has 1 aromatic carbocycles. The number of para-hydroxylation sites is 1. The van der Waals surface area contributed by atoms with E-state index in [1.54, 1.807) is 25.1 Å². The van der Waals surface area contributed by atoms with Crippen molar-refractivity contribution in [3.63, 3.8) is 0 Å². The van der Waals surface area contributed by atoms with Gasteiger partial charge in [-0.05, 0) is 18.6 Å². The van der Waals surface area contributed by atoms with Crippen molar-refractivity contribution in [1.82, 2.24) is 0 Å². The Morgan fingerprint density at radius 3 is 2.53 bits per heavy atom. The Morgan fingerprint density at radius 2 is 1.95 bits per heavy atom. The van der Waals surface area contributed by atoms with Gasteiger partial charge in [-0.25, -0.2) is 8.42 Å². The third-order valence-corrected chi connectivity index (χ3v) is 4.09. The molecule has 0 aliphatic rings. The number of methoxy groups -OCH3 is 1. The molecule has 0 fully saturated rings. The van der Waals surface area contributed by atoms with Crippen LogP contribution in [0.4, 0.5) is 14.5 Å². The summed E-state index contributed by atoms with van der Waals surface area (Å²) in [4.78, 5) is 1.29. The average molecular weight is 293 g/mol. The van der Waals surface area contributed by atoms with Gasteiger partial charge in [0, 0.05) is 27.3 Å². The fourth-order valence-corrected chi connectivity index (χ4v) is 2.65. The molecule has 0 saturated heterocycles. The molecule has 0 heterocycles. The van der Waals surface area contributed by atoms with Gasteiger partial charge < -0.3 is 9.64 Å². The lowest BCUT2D eigenvalue weighted by molar-refractivity contribution is 0.196. The molecule has 0 saturated carbocycles. The van der Waals surface area contributed by atoms with Crippen LogP contribution in [0, 0.1) is 0 Å². The molecule has 0 spiro atoms. The molecule has 108 valence electrons. The summed E-state index contributed by atoms with van der Waals surface area (Å²) in [5.74, 6) is -3.42. The largest absolute Gasteiger partial charge is 0.385 e. The van der Waals surface area contributed by atoms with Gasteiger partial charge in [0.1, 0.15) is 0 Å². The first kappa shape index (κ1) is 15.8. The van der Waals surface area contributed by atoms with Gasteiger partial charge in [-0.1, -0.05) is 12.1 Å². The Morgan fingerprint density at radius 1 is 1.32 bits per heavy atom.